The molecule has 0 saturated heterocycles. The van der Waals surface area contributed by atoms with Crippen LogP contribution in [0.25, 0.3) is 0 Å². The largest absolute Gasteiger partial charge is 0.488 e. The Balaban J connectivity index is 2.15. The lowest BCUT2D eigenvalue weighted by molar-refractivity contribution is -0.211. The van der Waals surface area contributed by atoms with Crippen LogP contribution in [0.4, 0.5) is 18.9 Å². The van der Waals surface area contributed by atoms with E-state index in [1.165, 1.54) is 17.2 Å². The van der Waals surface area contributed by atoms with Crippen LogP contribution in [-0.2, 0) is 16.1 Å². The highest BCUT2D eigenvalue weighted by Crippen LogP contribution is 2.29. The fraction of sp³-hybridized carbons (Fsp3) is 0.462. The number of nitrogens with zero attached hydrogens (tertiary/aromatic N) is 2. The van der Waals surface area contributed by atoms with Gasteiger partial charge in [0.2, 0.25) is 0 Å². The Morgan fingerprint density at radius 3 is 2.31 bits per heavy atom. The number of hydrogen-bond donors (Lipinski definition) is 1. The van der Waals surface area contributed by atoms with Crippen LogP contribution in [0.5, 0.6) is 11.5 Å². The number of nitrogens with two attached hydrogens (primary N) is 1. The van der Waals surface area contributed by atoms with Crippen LogP contribution in [0.2, 0.25) is 0 Å². The summed E-state index contributed by atoms with van der Waals surface area (Å²) in [6, 6.07) is 11.4. The number of aryl methyl sites for hydroxylation is 1. The van der Waals surface area contributed by atoms with Crippen molar-refractivity contribution in [2.75, 3.05) is 25.5 Å². The topological polar surface area (TPSA) is 97.8 Å². The van der Waals surface area contributed by atoms with Gasteiger partial charge in [0.15, 0.2) is 18.1 Å². The van der Waals surface area contributed by atoms with Gasteiger partial charge in [0.25, 0.3) is 0 Å². The molecule has 0 aliphatic rings. The SMILES string of the molecule is Cc1cc(CC(C)N(CCOc2ccccc2OCC(F)(F)F)OC(=O)C(C)(C)C)cc(C#N)c1N. The quantitative estimate of drug-likeness (QED) is 0.348. The lowest BCUT2D eigenvalue weighted by Crippen LogP contribution is -2.42. The molecular weight excluding hydrogens is 475 g/mol. The molecule has 2 aromatic carbocycles. The van der Waals surface area contributed by atoms with E-state index in [1.54, 1.807) is 39.0 Å². The maximum absolute atomic E-state index is 12.6. The van der Waals surface area contributed by atoms with E-state index in [0.29, 0.717) is 17.7 Å². The van der Waals surface area contributed by atoms with Crippen molar-refractivity contribution >= 4 is 11.7 Å². The van der Waals surface area contributed by atoms with E-state index in [-0.39, 0.29) is 30.7 Å². The molecule has 1 unspecified atom stereocenters. The second kappa shape index (κ2) is 12.0. The number of rotatable bonds is 10. The van der Waals surface area contributed by atoms with Crippen LogP contribution in [0.3, 0.4) is 0 Å². The van der Waals surface area contributed by atoms with Gasteiger partial charge in [0.1, 0.15) is 12.7 Å². The monoisotopic (exact) mass is 507 g/mol. The number of ether oxygens (including phenoxy) is 2. The Hall–Kier alpha value is -3.45. The molecule has 7 nitrogen and oxygen atoms in total. The van der Waals surface area contributed by atoms with Crippen molar-refractivity contribution in [3.8, 4) is 17.6 Å². The van der Waals surface area contributed by atoms with Crippen LogP contribution >= 0.6 is 0 Å². The second-order valence-electron chi connectivity index (χ2n) is 9.51. The summed E-state index contributed by atoms with van der Waals surface area (Å²) in [5, 5.41) is 10.8. The Kier molecular flexibility index (Phi) is 9.59. The molecule has 2 aromatic rings. The number of alkyl halides is 3. The minimum absolute atomic E-state index is 0.0123. The number of benzene rings is 2. The van der Waals surface area contributed by atoms with Gasteiger partial charge in [-0.1, -0.05) is 18.2 Å². The summed E-state index contributed by atoms with van der Waals surface area (Å²) >= 11 is 0. The standard InChI is InChI=1S/C26H32F3N3O4/c1-17-12-19(14-20(15-30)23(17)31)13-18(2)32(36-24(33)25(3,4)5)10-11-34-21-8-6-7-9-22(21)35-16-26(27,28)29/h6-9,12,14,18H,10-11,13,16,31H2,1-5H3. The molecule has 0 aliphatic carbocycles. The number of anilines is 1. The third-order valence-corrected chi connectivity index (χ3v) is 5.21. The van der Waals surface area contributed by atoms with Crippen LogP contribution in [0, 0.1) is 23.7 Å². The summed E-state index contributed by atoms with van der Waals surface area (Å²) in [7, 11) is 0. The van der Waals surface area contributed by atoms with Crippen molar-refractivity contribution in [2.45, 2.75) is 53.3 Å². The van der Waals surface area contributed by atoms with Crippen LogP contribution < -0.4 is 15.2 Å². The molecule has 0 radical (unpaired) electrons. The van der Waals surface area contributed by atoms with Crippen molar-refractivity contribution in [2.24, 2.45) is 5.41 Å². The molecule has 2 rings (SSSR count). The molecule has 0 heterocycles. The summed E-state index contributed by atoms with van der Waals surface area (Å²) in [4.78, 5) is 18.3. The van der Waals surface area contributed by atoms with E-state index in [2.05, 4.69) is 6.07 Å². The van der Waals surface area contributed by atoms with Gasteiger partial charge < -0.3 is 20.0 Å². The maximum Gasteiger partial charge on any atom is 0.422 e. The Labute approximate surface area is 209 Å². The van der Waals surface area contributed by atoms with Crippen molar-refractivity contribution in [1.29, 1.82) is 5.26 Å². The zero-order valence-electron chi connectivity index (χ0n) is 21.1. The lowest BCUT2D eigenvalue weighted by Gasteiger charge is -2.30. The maximum atomic E-state index is 12.6. The minimum Gasteiger partial charge on any atom is -0.488 e. The minimum atomic E-state index is -4.48. The van der Waals surface area contributed by atoms with Gasteiger partial charge in [0.05, 0.1) is 23.2 Å². The second-order valence-corrected chi connectivity index (χ2v) is 9.51. The highest BCUT2D eigenvalue weighted by atomic mass is 19.4. The first-order chi connectivity index (χ1) is 16.7. The average molecular weight is 508 g/mol. The van der Waals surface area contributed by atoms with Gasteiger partial charge in [-0.15, -0.1) is 5.06 Å². The molecule has 0 amide bonds. The highest BCUT2D eigenvalue weighted by molar-refractivity contribution is 5.75. The number of nitrogen functional groups attached to an aromatic ring is 1. The molecule has 0 fully saturated rings. The van der Waals surface area contributed by atoms with Gasteiger partial charge in [-0.3, -0.25) is 0 Å². The van der Waals surface area contributed by atoms with Crippen molar-refractivity contribution < 1.29 is 32.3 Å². The van der Waals surface area contributed by atoms with Gasteiger partial charge in [-0.2, -0.15) is 18.4 Å². The lowest BCUT2D eigenvalue weighted by atomic mass is 9.97. The Bertz CT molecular complexity index is 1090. The van der Waals surface area contributed by atoms with E-state index < -0.39 is 24.2 Å². The van der Waals surface area contributed by atoms with Gasteiger partial charge in [-0.05, 0) is 70.4 Å². The summed E-state index contributed by atoms with van der Waals surface area (Å²) in [5.74, 6) is -0.346. The first-order valence-corrected chi connectivity index (χ1v) is 11.4. The van der Waals surface area contributed by atoms with Crippen molar-refractivity contribution in [3.63, 3.8) is 0 Å². The molecule has 2 N–H and O–H groups in total. The van der Waals surface area contributed by atoms with Crippen LogP contribution in [0.15, 0.2) is 36.4 Å². The molecule has 10 heteroatoms. The predicted molar refractivity (Wildman–Crippen MR) is 129 cm³/mol. The van der Waals surface area contributed by atoms with E-state index in [4.69, 9.17) is 20.0 Å². The molecule has 0 bridgehead atoms. The number of carbonyl (C=O) groups excluding carboxylic acids is 1. The van der Waals surface area contributed by atoms with E-state index >= 15 is 0 Å². The zero-order valence-corrected chi connectivity index (χ0v) is 21.1. The van der Waals surface area contributed by atoms with Crippen molar-refractivity contribution in [1.82, 2.24) is 5.06 Å². The first kappa shape index (κ1) is 28.8. The number of hydroxylamine groups is 2. The summed E-state index contributed by atoms with van der Waals surface area (Å²) < 4.78 is 48.2. The van der Waals surface area contributed by atoms with Gasteiger partial charge in [-0.25, -0.2) is 4.79 Å². The number of halogens is 3. The average Bonchev–Trinajstić information content (AvgIpc) is 2.78. The molecule has 196 valence electrons. The Morgan fingerprint density at radius 1 is 1.14 bits per heavy atom. The van der Waals surface area contributed by atoms with E-state index in [0.717, 1.165) is 11.1 Å². The number of carbonyl (C=O) groups is 1. The highest BCUT2D eigenvalue weighted by Gasteiger charge is 2.30. The molecular formula is C26H32F3N3O4. The summed E-state index contributed by atoms with van der Waals surface area (Å²) in [5.41, 5.74) is 7.60. The molecule has 0 aromatic heterocycles. The molecule has 0 aliphatic heterocycles. The fourth-order valence-electron chi connectivity index (χ4n) is 3.22. The smallest absolute Gasteiger partial charge is 0.422 e. The first-order valence-electron chi connectivity index (χ1n) is 11.4. The third-order valence-electron chi connectivity index (χ3n) is 5.21. The fourth-order valence-corrected chi connectivity index (χ4v) is 3.22. The van der Waals surface area contributed by atoms with Crippen LogP contribution in [0.1, 0.15) is 44.4 Å². The molecule has 36 heavy (non-hydrogen) atoms. The van der Waals surface area contributed by atoms with E-state index in [1.807, 2.05) is 19.9 Å². The normalized spacial score (nSPS) is 12.7. The summed E-state index contributed by atoms with van der Waals surface area (Å²) in [6.07, 6.45) is -4.04. The molecule has 0 spiro atoms. The number of nitriles is 1. The number of hydrogen-bond acceptors (Lipinski definition) is 7. The molecule has 1 atom stereocenters. The van der Waals surface area contributed by atoms with Crippen LogP contribution in [-0.4, -0.2) is 43.0 Å². The molecule has 0 saturated carbocycles. The van der Waals surface area contributed by atoms with Gasteiger partial charge in [0, 0.05) is 6.04 Å². The van der Waals surface area contributed by atoms with E-state index in [9.17, 15) is 23.2 Å². The zero-order chi connectivity index (χ0) is 27.1. The summed E-state index contributed by atoms with van der Waals surface area (Å²) in [6.45, 7) is 7.56. The Morgan fingerprint density at radius 2 is 1.75 bits per heavy atom. The number of para-hydroxylation sites is 2. The predicted octanol–water partition coefficient (Wildman–Crippen LogP) is 5.21. The van der Waals surface area contributed by atoms with Gasteiger partial charge >= 0.3 is 12.1 Å². The third kappa shape index (κ3) is 8.64. The van der Waals surface area contributed by atoms with Crippen molar-refractivity contribution in [3.05, 3.63) is 53.1 Å².